The number of carboxylic acid groups (broad SMARTS) is 1. The van der Waals surface area contributed by atoms with Crippen LogP contribution < -0.4 is 5.32 Å². The van der Waals surface area contributed by atoms with Crippen molar-refractivity contribution in [3.8, 4) is 0 Å². The van der Waals surface area contributed by atoms with Gasteiger partial charge in [-0.2, -0.15) is 0 Å². The Balaban J connectivity index is 2.28. The maximum absolute atomic E-state index is 10.8. The minimum Gasteiger partial charge on any atom is -0.477 e. The monoisotopic (exact) mass is 307 g/mol. The van der Waals surface area contributed by atoms with Crippen molar-refractivity contribution < 1.29 is 9.90 Å². The van der Waals surface area contributed by atoms with Crippen LogP contribution in [0, 0.1) is 6.92 Å². The lowest BCUT2D eigenvalue weighted by Crippen LogP contribution is -2.03. The van der Waals surface area contributed by atoms with Gasteiger partial charge in [0.25, 0.3) is 0 Å². The molecule has 2 N–H and O–H groups in total. The summed E-state index contributed by atoms with van der Waals surface area (Å²) in [7, 11) is 0. The molecule has 0 aliphatic heterocycles. The van der Waals surface area contributed by atoms with Gasteiger partial charge in [-0.1, -0.05) is 15.9 Å². The van der Waals surface area contributed by atoms with E-state index >= 15 is 0 Å². The van der Waals surface area contributed by atoms with Gasteiger partial charge >= 0.3 is 5.97 Å². The summed E-state index contributed by atoms with van der Waals surface area (Å²) in [5.41, 5.74) is 1.86. The summed E-state index contributed by atoms with van der Waals surface area (Å²) in [6, 6.07) is 7.14. The van der Waals surface area contributed by atoms with Gasteiger partial charge in [0.2, 0.25) is 0 Å². The Morgan fingerprint density at radius 3 is 2.78 bits per heavy atom. The van der Waals surface area contributed by atoms with Crippen molar-refractivity contribution in [2.75, 3.05) is 5.32 Å². The topological polar surface area (TPSA) is 75.1 Å². The van der Waals surface area contributed by atoms with E-state index in [0.29, 0.717) is 5.82 Å². The standard InChI is InChI=1S/C12H10BrN3O2/c1-7-4-8(13)2-3-9(7)16-11-5-10(12(17)18)14-6-15-11/h2-6H,1H3,(H,17,18)(H,14,15,16). The van der Waals surface area contributed by atoms with Gasteiger partial charge in [0.1, 0.15) is 12.1 Å². The number of rotatable bonds is 3. The maximum atomic E-state index is 10.8. The SMILES string of the molecule is Cc1cc(Br)ccc1Nc1cc(C(=O)O)ncn1. The average molecular weight is 308 g/mol. The first-order valence-corrected chi connectivity index (χ1v) is 5.94. The van der Waals surface area contributed by atoms with Crippen LogP contribution >= 0.6 is 15.9 Å². The number of carboxylic acids is 1. The Labute approximate surface area is 112 Å². The van der Waals surface area contributed by atoms with Crippen molar-refractivity contribution >= 4 is 33.4 Å². The van der Waals surface area contributed by atoms with Crippen LogP contribution in [0.3, 0.4) is 0 Å². The number of hydrogen-bond acceptors (Lipinski definition) is 4. The van der Waals surface area contributed by atoms with E-state index in [1.807, 2.05) is 25.1 Å². The zero-order valence-corrected chi connectivity index (χ0v) is 11.1. The van der Waals surface area contributed by atoms with Crippen molar-refractivity contribution in [1.29, 1.82) is 0 Å². The maximum Gasteiger partial charge on any atom is 0.354 e. The molecule has 0 spiro atoms. The highest BCUT2D eigenvalue weighted by atomic mass is 79.9. The number of hydrogen-bond donors (Lipinski definition) is 2. The second kappa shape index (κ2) is 5.14. The first-order chi connectivity index (χ1) is 8.56. The lowest BCUT2D eigenvalue weighted by Gasteiger charge is -2.09. The van der Waals surface area contributed by atoms with Gasteiger partial charge in [-0.05, 0) is 30.7 Å². The number of halogens is 1. The summed E-state index contributed by atoms with van der Waals surface area (Å²) in [4.78, 5) is 18.4. The van der Waals surface area contributed by atoms with Gasteiger partial charge in [0.15, 0.2) is 5.69 Å². The molecule has 0 saturated carbocycles. The fraction of sp³-hybridized carbons (Fsp3) is 0.0833. The molecule has 0 bridgehead atoms. The lowest BCUT2D eigenvalue weighted by molar-refractivity contribution is 0.0690. The third-order valence-electron chi connectivity index (χ3n) is 2.34. The summed E-state index contributed by atoms with van der Waals surface area (Å²) < 4.78 is 0.986. The van der Waals surface area contributed by atoms with E-state index < -0.39 is 5.97 Å². The quantitative estimate of drug-likeness (QED) is 0.911. The highest BCUT2D eigenvalue weighted by molar-refractivity contribution is 9.10. The molecule has 2 rings (SSSR count). The molecule has 0 amide bonds. The number of benzene rings is 1. The van der Waals surface area contributed by atoms with Crippen molar-refractivity contribution in [1.82, 2.24) is 9.97 Å². The Kier molecular flexibility index (Phi) is 3.57. The van der Waals surface area contributed by atoms with E-state index in [2.05, 4.69) is 31.2 Å². The number of aryl methyl sites for hydroxylation is 1. The minimum atomic E-state index is -1.08. The van der Waals surface area contributed by atoms with Gasteiger partial charge in [-0.15, -0.1) is 0 Å². The number of aromatic carboxylic acids is 1. The zero-order valence-electron chi connectivity index (χ0n) is 9.51. The number of aromatic nitrogens is 2. The number of nitrogens with zero attached hydrogens (tertiary/aromatic N) is 2. The molecule has 92 valence electrons. The van der Waals surface area contributed by atoms with Gasteiger partial charge in [-0.3, -0.25) is 0 Å². The van der Waals surface area contributed by atoms with Gasteiger partial charge in [-0.25, -0.2) is 14.8 Å². The van der Waals surface area contributed by atoms with Crippen LogP contribution in [0.2, 0.25) is 0 Å². The van der Waals surface area contributed by atoms with Crippen LogP contribution in [-0.4, -0.2) is 21.0 Å². The molecule has 0 fully saturated rings. The second-order valence-corrected chi connectivity index (χ2v) is 4.59. The summed E-state index contributed by atoms with van der Waals surface area (Å²) in [5, 5.41) is 11.9. The summed E-state index contributed by atoms with van der Waals surface area (Å²) in [6.07, 6.45) is 1.22. The van der Waals surface area contributed by atoms with Crippen molar-refractivity contribution in [2.24, 2.45) is 0 Å². The Morgan fingerprint density at radius 1 is 1.33 bits per heavy atom. The summed E-state index contributed by atoms with van der Waals surface area (Å²) in [5.74, 6) is -0.624. The van der Waals surface area contributed by atoms with Gasteiger partial charge < -0.3 is 10.4 Å². The normalized spacial score (nSPS) is 10.1. The third kappa shape index (κ3) is 2.84. The van der Waals surface area contributed by atoms with Crippen molar-refractivity contribution in [2.45, 2.75) is 6.92 Å². The lowest BCUT2D eigenvalue weighted by atomic mass is 10.2. The summed E-state index contributed by atoms with van der Waals surface area (Å²) >= 11 is 3.38. The highest BCUT2D eigenvalue weighted by Crippen LogP contribution is 2.22. The van der Waals surface area contributed by atoms with E-state index in [-0.39, 0.29) is 5.69 Å². The molecule has 0 saturated heterocycles. The fourth-order valence-electron chi connectivity index (χ4n) is 1.45. The molecule has 0 aliphatic carbocycles. The van der Waals surface area contributed by atoms with Gasteiger partial charge in [0, 0.05) is 16.2 Å². The molecule has 1 heterocycles. The molecule has 5 nitrogen and oxygen atoms in total. The second-order valence-electron chi connectivity index (χ2n) is 3.68. The molecule has 18 heavy (non-hydrogen) atoms. The molecule has 0 aliphatic rings. The van der Waals surface area contributed by atoms with Crippen molar-refractivity contribution in [3.05, 3.63) is 46.3 Å². The van der Waals surface area contributed by atoms with E-state index in [1.165, 1.54) is 12.4 Å². The predicted molar refractivity (Wildman–Crippen MR) is 71.2 cm³/mol. The first-order valence-electron chi connectivity index (χ1n) is 5.15. The van der Waals surface area contributed by atoms with Crippen LogP contribution in [0.25, 0.3) is 0 Å². The molecule has 2 aromatic rings. The van der Waals surface area contributed by atoms with Crippen LogP contribution in [0.4, 0.5) is 11.5 Å². The average Bonchev–Trinajstić information content (AvgIpc) is 2.33. The van der Waals surface area contributed by atoms with E-state index in [4.69, 9.17) is 5.11 Å². The minimum absolute atomic E-state index is 0.0396. The van der Waals surface area contributed by atoms with Crippen LogP contribution in [0.1, 0.15) is 16.1 Å². The molecular formula is C12H10BrN3O2. The third-order valence-corrected chi connectivity index (χ3v) is 2.83. The molecule has 0 unspecified atom stereocenters. The summed E-state index contributed by atoms with van der Waals surface area (Å²) in [6.45, 7) is 1.95. The molecule has 0 atom stereocenters. The first kappa shape index (κ1) is 12.5. The Bertz CT molecular complexity index is 602. The Hall–Kier alpha value is -1.95. The molecule has 0 radical (unpaired) electrons. The largest absolute Gasteiger partial charge is 0.477 e. The molecule has 1 aromatic heterocycles. The fourth-order valence-corrected chi connectivity index (χ4v) is 1.92. The number of carbonyl (C=O) groups is 1. The van der Waals surface area contributed by atoms with E-state index in [1.54, 1.807) is 0 Å². The Morgan fingerprint density at radius 2 is 2.11 bits per heavy atom. The molecule has 6 heteroatoms. The van der Waals surface area contributed by atoms with Crippen LogP contribution in [-0.2, 0) is 0 Å². The number of anilines is 2. The van der Waals surface area contributed by atoms with Crippen LogP contribution in [0.15, 0.2) is 35.1 Å². The number of nitrogens with one attached hydrogen (secondary N) is 1. The van der Waals surface area contributed by atoms with E-state index in [0.717, 1.165) is 15.7 Å². The predicted octanol–water partition coefficient (Wildman–Crippen LogP) is 2.99. The molecular weight excluding hydrogens is 298 g/mol. The van der Waals surface area contributed by atoms with Gasteiger partial charge in [0.05, 0.1) is 0 Å². The smallest absolute Gasteiger partial charge is 0.354 e. The molecule has 1 aromatic carbocycles. The van der Waals surface area contributed by atoms with E-state index in [9.17, 15) is 4.79 Å². The zero-order chi connectivity index (χ0) is 13.1. The van der Waals surface area contributed by atoms with Crippen LogP contribution in [0.5, 0.6) is 0 Å². The van der Waals surface area contributed by atoms with Crippen molar-refractivity contribution in [3.63, 3.8) is 0 Å². The highest BCUT2D eigenvalue weighted by Gasteiger charge is 2.07.